The molecule has 22 heavy (non-hydrogen) atoms. The van der Waals surface area contributed by atoms with E-state index in [1.165, 1.54) is 25.5 Å². The normalized spacial score (nSPS) is 28.5. The van der Waals surface area contributed by atoms with Crippen LogP contribution in [0.15, 0.2) is 18.2 Å². The maximum Gasteiger partial charge on any atom is 0.416 e. The molecule has 1 aromatic rings. The topological polar surface area (TPSA) is 17.1 Å². The summed E-state index contributed by atoms with van der Waals surface area (Å²) in [5, 5.41) is 1.11. The molecule has 0 aliphatic carbocycles. The van der Waals surface area contributed by atoms with E-state index in [0.29, 0.717) is 16.1 Å². The van der Waals surface area contributed by atoms with E-state index in [1.807, 2.05) is 11.8 Å². The number of aryl methyl sites for hydroxylation is 1. The zero-order valence-electron chi connectivity index (χ0n) is 12.5. The molecular weight excluding hydrogens is 309 g/mol. The maximum atomic E-state index is 12.8. The molecule has 0 radical (unpaired) electrons. The zero-order valence-corrected chi connectivity index (χ0v) is 13.3. The Hall–Kier alpha value is -0.970. The minimum absolute atomic E-state index is 0.0207. The van der Waals surface area contributed by atoms with Gasteiger partial charge in [0, 0.05) is 22.0 Å². The van der Waals surface area contributed by atoms with Crippen molar-refractivity contribution in [3.63, 3.8) is 0 Å². The molecule has 2 fully saturated rings. The number of rotatable bonds is 2. The largest absolute Gasteiger partial charge is 0.416 e. The molecule has 2 unspecified atom stereocenters. The standard InChI is InChI=1S/C17H19F3OS/c1-10-7-11(5-6-15(10)17(18,19)20)16(21)12-8-13-3-2-4-14(9-12)22-13/h5-7,12-14H,2-4,8-9H2,1H3. The van der Waals surface area contributed by atoms with Crippen molar-refractivity contribution < 1.29 is 18.0 Å². The van der Waals surface area contributed by atoms with E-state index >= 15 is 0 Å². The number of ketones is 1. The summed E-state index contributed by atoms with van der Waals surface area (Å²) in [5.41, 5.74) is -0.0932. The molecule has 1 nitrogen and oxygen atoms in total. The van der Waals surface area contributed by atoms with Gasteiger partial charge in [-0.05, 0) is 50.3 Å². The van der Waals surface area contributed by atoms with Crippen molar-refractivity contribution in [2.24, 2.45) is 5.92 Å². The maximum absolute atomic E-state index is 12.8. The van der Waals surface area contributed by atoms with Gasteiger partial charge in [0.1, 0.15) is 0 Å². The van der Waals surface area contributed by atoms with Crippen LogP contribution in [0.5, 0.6) is 0 Å². The number of alkyl halides is 3. The molecular formula is C17H19F3OS. The van der Waals surface area contributed by atoms with Gasteiger partial charge in [0.05, 0.1) is 5.56 Å². The van der Waals surface area contributed by atoms with Crippen molar-refractivity contribution in [2.75, 3.05) is 0 Å². The Labute approximate surface area is 132 Å². The summed E-state index contributed by atoms with van der Waals surface area (Å²) in [4.78, 5) is 12.7. The average Bonchev–Trinajstić information content (AvgIpc) is 2.44. The van der Waals surface area contributed by atoms with Crippen molar-refractivity contribution in [3.8, 4) is 0 Å². The van der Waals surface area contributed by atoms with Crippen molar-refractivity contribution >= 4 is 17.5 Å². The highest BCUT2D eigenvalue weighted by Gasteiger charge is 2.37. The Balaban J connectivity index is 1.79. The molecule has 3 rings (SSSR count). The van der Waals surface area contributed by atoms with Crippen molar-refractivity contribution in [1.82, 2.24) is 0 Å². The lowest BCUT2D eigenvalue weighted by Crippen LogP contribution is -2.33. The second-order valence-electron chi connectivity index (χ2n) is 6.37. The van der Waals surface area contributed by atoms with Gasteiger partial charge in [-0.2, -0.15) is 24.9 Å². The molecule has 2 saturated heterocycles. The van der Waals surface area contributed by atoms with Gasteiger partial charge in [-0.15, -0.1) is 0 Å². The van der Waals surface area contributed by atoms with Crippen LogP contribution in [-0.2, 0) is 6.18 Å². The molecule has 2 heterocycles. The first-order chi connectivity index (χ1) is 10.3. The predicted octanol–water partition coefficient (Wildman–Crippen LogP) is 5.26. The number of thioether (sulfide) groups is 1. The van der Waals surface area contributed by atoms with E-state index in [1.54, 1.807) is 0 Å². The third kappa shape index (κ3) is 3.19. The number of fused-ring (bicyclic) bond motifs is 2. The first kappa shape index (κ1) is 15.9. The van der Waals surface area contributed by atoms with E-state index in [4.69, 9.17) is 0 Å². The molecule has 2 aliphatic heterocycles. The van der Waals surface area contributed by atoms with Crippen LogP contribution in [0, 0.1) is 12.8 Å². The number of carbonyl (C=O) groups excluding carboxylic acids is 1. The minimum atomic E-state index is -4.36. The summed E-state index contributed by atoms with van der Waals surface area (Å²) >= 11 is 2.00. The SMILES string of the molecule is Cc1cc(C(=O)C2CC3CCCC(C2)S3)ccc1C(F)(F)F. The fourth-order valence-corrected chi connectivity index (χ4v) is 5.48. The molecule has 0 aromatic heterocycles. The van der Waals surface area contributed by atoms with Gasteiger partial charge in [-0.25, -0.2) is 0 Å². The Kier molecular flexibility index (Phi) is 4.27. The summed E-state index contributed by atoms with van der Waals surface area (Å²) in [6, 6.07) is 3.79. The predicted molar refractivity (Wildman–Crippen MR) is 82.3 cm³/mol. The minimum Gasteiger partial charge on any atom is -0.294 e. The molecule has 1 aromatic carbocycles. The molecule has 2 atom stereocenters. The van der Waals surface area contributed by atoms with E-state index in [-0.39, 0.29) is 17.3 Å². The van der Waals surface area contributed by atoms with Crippen LogP contribution >= 0.6 is 11.8 Å². The Morgan fingerprint density at radius 3 is 2.36 bits per heavy atom. The van der Waals surface area contributed by atoms with Crippen molar-refractivity contribution in [1.29, 1.82) is 0 Å². The third-order valence-corrected chi connectivity index (χ3v) is 6.35. The quantitative estimate of drug-likeness (QED) is 0.689. The Bertz CT molecular complexity index is 570. The summed E-state index contributed by atoms with van der Waals surface area (Å²) < 4.78 is 38.4. The number of halogens is 3. The Morgan fingerprint density at radius 1 is 1.18 bits per heavy atom. The average molecular weight is 328 g/mol. The van der Waals surface area contributed by atoms with E-state index in [2.05, 4.69) is 0 Å². The van der Waals surface area contributed by atoms with E-state index in [9.17, 15) is 18.0 Å². The molecule has 0 N–H and O–H groups in total. The summed E-state index contributed by atoms with van der Waals surface area (Å²) in [6.45, 7) is 1.42. The van der Waals surface area contributed by atoms with Crippen LogP contribution in [0.1, 0.15) is 53.6 Å². The number of benzene rings is 1. The second-order valence-corrected chi connectivity index (χ2v) is 7.98. The Morgan fingerprint density at radius 2 is 1.82 bits per heavy atom. The van der Waals surface area contributed by atoms with Gasteiger partial charge < -0.3 is 0 Å². The monoisotopic (exact) mass is 328 g/mol. The highest BCUT2D eigenvalue weighted by Crippen LogP contribution is 2.44. The van der Waals surface area contributed by atoms with Crippen LogP contribution in [-0.4, -0.2) is 16.3 Å². The second kappa shape index (κ2) is 5.91. The van der Waals surface area contributed by atoms with E-state index < -0.39 is 11.7 Å². The van der Waals surface area contributed by atoms with Crippen LogP contribution in [0.25, 0.3) is 0 Å². The van der Waals surface area contributed by atoms with Crippen LogP contribution in [0.4, 0.5) is 13.2 Å². The summed E-state index contributed by atoms with van der Waals surface area (Å²) in [5.74, 6) is 0.00158. The summed E-state index contributed by atoms with van der Waals surface area (Å²) in [6.07, 6.45) is 0.959. The van der Waals surface area contributed by atoms with Gasteiger partial charge in [0.25, 0.3) is 0 Å². The molecule has 5 heteroatoms. The number of carbonyl (C=O) groups is 1. The van der Waals surface area contributed by atoms with Crippen LogP contribution in [0.3, 0.4) is 0 Å². The first-order valence-corrected chi connectivity index (χ1v) is 8.66. The van der Waals surface area contributed by atoms with Gasteiger partial charge in [-0.1, -0.05) is 12.5 Å². The molecule has 2 aliphatic rings. The highest BCUT2D eigenvalue weighted by atomic mass is 32.2. The van der Waals surface area contributed by atoms with Crippen LogP contribution in [0.2, 0.25) is 0 Å². The number of hydrogen-bond acceptors (Lipinski definition) is 2. The first-order valence-electron chi connectivity index (χ1n) is 7.72. The molecule has 120 valence electrons. The highest BCUT2D eigenvalue weighted by molar-refractivity contribution is 8.00. The van der Waals surface area contributed by atoms with Crippen LogP contribution < -0.4 is 0 Å². The third-order valence-electron chi connectivity index (χ3n) is 4.72. The van der Waals surface area contributed by atoms with Crippen molar-refractivity contribution in [3.05, 3.63) is 34.9 Å². The zero-order chi connectivity index (χ0) is 15.9. The van der Waals surface area contributed by atoms with Gasteiger partial charge in [-0.3, -0.25) is 4.79 Å². The number of Topliss-reactive ketones (excluding diaryl/α,β-unsaturated/α-hetero) is 1. The lowest BCUT2D eigenvalue weighted by atomic mass is 9.84. The van der Waals surface area contributed by atoms with Gasteiger partial charge in [0.15, 0.2) is 5.78 Å². The molecule has 2 bridgehead atoms. The fourth-order valence-electron chi connectivity index (χ4n) is 3.64. The molecule has 0 amide bonds. The molecule has 0 saturated carbocycles. The fraction of sp³-hybridized carbons (Fsp3) is 0.588. The lowest BCUT2D eigenvalue weighted by Gasteiger charge is -2.38. The molecule has 0 spiro atoms. The van der Waals surface area contributed by atoms with Gasteiger partial charge in [0.2, 0.25) is 0 Å². The smallest absolute Gasteiger partial charge is 0.294 e. The van der Waals surface area contributed by atoms with E-state index in [0.717, 1.165) is 31.7 Å². The number of hydrogen-bond donors (Lipinski definition) is 0. The summed E-state index contributed by atoms with van der Waals surface area (Å²) in [7, 11) is 0. The lowest BCUT2D eigenvalue weighted by molar-refractivity contribution is -0.138. The van der Waals surface area contributed by atoms with Gasteiger partial charge >= 0.3 is 6.18 Å². The van der Waals surface area contributed by atoms with Crippen molar-refractivity contribution in [2.45, 2.75) is 55.7 Å².